The molecule has 0 spiro atoms. The van der Waals surface area contributed by atoms with Crippen LogP contribution in [0.1, 0.15) is 23.6 Å². The van der Waals surface area contributed by atoms with Gasteiger partial charge in [0.05, 0.1) is 5.75 Å². The number of halogens is 1. The van der Waals surface area contributed by atoms with E-state index in [9.17, 15) is 9.18 Å². The molecule has 1 heterocycles. The van der Waals surface area contributed by atoms with Crippen molar-refractivity contribution in [1.29, 1.82) is 0 Å². The number of benzene rings is 1. The number of amides is 1. The van der Waals surface area contributed by atoms with Gasteiger partial charge in [-0.2, -0.15) is 4.98 Å². The maximum atomic E-state index is 12.8. The third-order valence-corrected chi connectivity index (χ3v) is 3.78. The minimum absolute atomic E-state index is 0.0887. The second kappa shape index (κ2) is 6.51. The topological polar surface area (TPSA) is 68.0 Å². The van der Waals surface area contributed by atoms with E-state index in [0.717, 1.165) is 5.56 Å². The van der Waals surface area contributed by atoms with E-state index in [-0.39, 0.29) is 28.7 Å². The molecule has 0 saturated carbocycles. The highest BCUT2D eigenvalue weighted by Gasteiger charge is 2.12. The molecule has 7 heteroatoms. The van der Waals surface area contributed by atoms with Crippen LogP contribution in [0.2, 0.25) is 0 Å². The fourth-order valence-corrected chi connectivity index (χ4v) is 2.36. The molecule has 0 bridgehead atoms. The Morgan fingerprint density at radius 2 is 2.15 bits per heavy atom. The average Bonchev–Trinajstić information content (AvgIpc) is 2.82. The molecule has 1 unspecified atom stereocenters. The molecule has 1 N–H and O–H groups in total. The van der Waals surface area contributed by atoms with Gasteiger partial charge in [0, 0.05) is 5.25 Å². The van der Waals surface area contributed by atoms with Crippen LogP contribution in [-0.4, -0.2) is 21.8 Å². The average molecular weight is 295 g/mol. The molecule has 1 aromatic heterocycles. The number of carbonyl (C=O) groups is 1. The summed E-state index contributed by atoms with van der Waals surface area (Å²) in [6, 6.07) is 6.35. The van der Waals surface area contributed by atoms with E-state index < -0.39 is 0 Å². The van der Waals surface area contributed by atoms with E-state index in [0.29, 0.717) is 5.82 Å². The van der Waals surface area contributed by atoms with Gasteiger partial charge in [-0.05, 0) is 31.5 Å². The fourth-order valence-electron chi connectivity index (χ4n) is 1.53. The van der Waals surface area contributed by atoms with Crippen molar-refractivity contribution in [2.45, 2.75) is 19.1 Å². The van der Waals surface area contributed by atoms with Gasteiger partial charge in [-0.3, -0.25) is 10.1 Å². The van der Waals surface area contributed by atoms with Gasteiger partial charge in [0.2, 0.25) is 5.91 Å². The summed E-state index contributed by atoms with van der Waals surface area (Å²) in [6.45, 7) is 3.63. The molecule has 0 aliphatic heterocycles. The molecule has 2 rings (SSSR count). The van der Waals surface area contributed by atoms with Crippen LogP contribution in [0.3, 0.4) is 0 Å². The normalized spacial score (nSPS) is 12.2. The Bertz CT molecular complexity index is 586. The van der Waals surface area contributed by atoms with Crippen LogP contribution >= 0.6 is 11.8 Å². The van der Waals surface area contributed by atoms with Crippen molar-refractivity contribution in [2.24, 2.45) is 0 Å². The summed E-state index contributed by atoms with van der Waals surface area (Å²) < 4.78 is 17.6. The zero-order valence-electron chi connectivity index (χ0n) is 11.1. The standard InChI is InChI=1S/C13H14FN3O2S/c1-8(10-3-5-11(14)6-4-10)20-7-12(18)16-13-15-9(2)17-19-13/h3-6,8H,7H2,1-2H3,(H,15,16,17,18). The van der Waals surface area contributed by atoms with Crippen molar-refractivity contribution >= 4 is 23.7 Å². The van der Waals surface area contributed by atoms with E-state index in [1.165, 1.54) is 23.9 Å². The lowest BCUT2D eigenvalue weighted by atomic mass is 10.2. The maximum absolute atomic E-state index is 12.8. The minimum Gasteiger partial charge on any atom is -0.315 e. The molecular formula is C13H14FN3O2S. The summed E-state index contributed by atoms with van der Waals surface area (Å²) in [5.74, 6) is 0.232. The first-order chi connectivity index (χ1) is 9.54. The Hall–Kier alpha value is -1.89. The number of carbonyl (C=O) groups excluding carboxylic acids is 1. The number of nitrogens with zero attached hydrogens (tertiary/aromatic N) is 2. The van der Waals surface area contributed by atoms with Crippen molar-refractivity contribution in [3.8, 4) is 0 Å². The second-order valence-electron chi connectivity index (χ2n) is 4.20. The Morgan fingerprint density at radius 3 is 2.75 bits per heavy atom. The number of thioether (sulfide) groups is 1. The van der Waals surface area contributed by atoms with E-state index in [4.69, 9.17) is 4.52 Å². The molecule has 1 atom stereocenters. The molecule has 0 fully saturated rings. The lowest BCUT2D eigenvalue weighted by Gasteiger charge is -2.10. The molecule has 0 aliphatic rings. The van der Waals surface area contributed by atoms with Crippen LogP contribution in [0, 0.1) is 12.7 Å². The molecule has 20 heavy (non-hydrogen) atoms. The maximum Gasteiger partial charge on any atom is 0.328 e. The summed E-state index contributed by atoms with van der Waals surface area (Å²) in [6.07, 6.45) is 0. The Morgan fingerprint density at radius 1 is 1.45 bits per heavy atom. The van der Waals surface area contributed by atoms with E-state index in [1.54, 1.807) is 19.1 Å². The van der Waals surface area contributed by atoms with Crippen LogP contribution in [0.5, 0.6) is 0 Å². The van der Waals surface area contributed by atoms with Gasteiger partial charge in [0.25, 0.3) is 0 Å². The van der Waals surface area contributed by atoms with Crippen molar-refractivity contribution in [3.05, 3.63) is 41.5 Å². The highest BCUT2D eigenvalue weighted by atomic mass is 32.2. The third kappa shape index (κ3) is 4.06. The molecule has 5 nitrogen and oxygen atoms in total. The molecule has 0 aliphatic carbocycles. The molecule has 1 aromatic carbocycles. The molecule has 2 aromatic rings. The van der Waals surface area contributed by atoms with Crippen molar-refractivity contribution in [1.82, 2.24) is 10.1 Å². The molecule has 1 amide bonds. The van der Waals surface area contributed by atoms with Gasteiger partial charge in [-0.25, -0.2) is 4.39 Å². The lowest BCUT2D eigenvalue weighted by molar-refractivity contribution is -0.114. The van der Waals surface area contributed by atoms with E-state index in [2.05, 4.69) is 15.5 Å². The van der Waals surface area contributed by atoms with Crippen molar-refractivity contribution in [3.63, 3.8) is 0 Å². The first-order valence-electron chi connectivity index (χ1n) is 6.02. The zero-order valence-corrected chi connectivity index (χ0v) is 11.9. The Labute approximate surface area is 119 Å². The summed E-state index contributed by atoms with van der Waals surface area (Å²) in [4.78, 5) is 15.6. The Kier molecular flexibility index (Phi) is 4.73. The first-order valence-corrected chi connectivity index (χ1v) is 7.06. The number of nitrogens with one attached hydrogen (secondary N) is 1. The smallest absolute Gasteiger partial charge is 0.315 e. The summed E-state index contributed by atoms with van der Waals surface area (Å²) in [7, 11) is 0. The van der Waals surface area contributed by atoms with Crippen LogP contribution in [0.4, 0.5) is 10.4 Å². The molecule has 0 radical (unpaired) electrons. The number of aromatic nitrogens is 2. The van der Waals surface area contributed by atoms with Crippen molar-refractivity contribution in [2.75, 3.05) is 11.1 Å². The summed E-state index contributed by atoms with van der Waals surface area (Å²) >= 11 is 1.45. The molecule has 106 valence electrons. The molecule has 0 saturated heterocycles. The van der Waals surface area contributed by atoms with Crippen LogP contribution in [0.15, 0.2) is 28.8 Å². The monoisotopic (exact) mass is 295 g/mol. The number of anilines is 1. The minimum atomic E-state index is -0.268. The van der Waals surface area contributed by atoms with Gasteiger partial charge in [0.1, 0.15) is 5.82 Å². The largest absolute Gasteiger partial charge is 0.328 e. The SMILES string of the molecule is Cc1noc(NC(=O)CSC(C)c2ccc(F)cc2)n1. The number of hydrogen-bond acceptors (Lipinski definition) is 5. The summed E-state index contributed by atoms with van der Waals surface area (Å²) in [5, 5.41) is 6.18. The van der Waals surface area contributed by atoms with Gasteiger partial charge in [0.15, 0.2) is 5.82 Å². The van der Waals surface area contributed by atoms with Gasteiger partial charge < -0.3 is 4.52 Å². The van der Waals surface area contributed by atoms with E-state index in [1.807, 2.05) is 6.92 Å². The number of rotatable bonds is 5. The van der Waals surface area contributed by atoms with Crippen molar-refractivity contribution < 1.29 is 13.7 Å². The highest BCUT2D eigenvalue weighted by molar-refractivity contribution is 8.00. The quantitative estimate of drug-likeness (QED) is 0.918. The molecular weight excluding hydrogens is 281 g/mol. The van der Waals surface area contributed by atoms with E-state index >= 15 is 0 Å². The lowest BCUT2D eigenvalue weighted by Crippen LogP contribution is -2.15. The Balaban J connectivity index is 1.82. The van der Waals surface area contributed by atoms with Crippen LogP contribution in [0.25, 0.3) is 0 Å². The fraction of sp³-hybridized carbons (Fsp3) is 0.308. The predicted octanol–water partition coefficient (Wildman–Crippen LogP) is 2.95. The first kappa shape index (κ1) is 14.5. The van der Waals surface area contributed by atoms with Gasteiger partial charge in [-0.1, -0.05) is 17.3 Å². The van der Waals surface area contributed by atoms with Crippen LogP contribution in [-0.2, 0) is 4.79 Å². The predicted molar refractivity (Wildman–Crippen MR) is 74.9 cm³/mol. The third-order valence-electron chi connectivity index (χ3n) is 2.58. The number of hydrogen-bond donors (Lipinski definition) is 1. The van der Waals surface area contributed by atoms with Gasteiger partial charge in [-0.15, -0.1) is 11.8 Å². The number of aryl methyl sites for hydroxylation is 1. The highest BCUT2D eigenvalue weighted by Crippen LogP contribution is 2.28. The summed E-state index contributed by atoms with van der Waals surface area (Å²) in [5.41, 5.74) is 0.970. The van der Waals surface area contributed by atoms with Crippen LogP contribution < -0.4 is 5.32 Å². The zero-order chi connectivity index (χ0) is 14.5. The second-order valence-corrected chi connectivity index (χ2v) is 5.53. The van der Waals surface area contributed by atoms with Gasteiger partial charge >= 0.3 is 6.01 Å².